The topological polar surface area (TPSA) is 168 Å². The van der Waals surface area contributed by atoms with Gasteiger partial charge in [0.1, 0.15) is 17.0 Å². The van der Waals surface area contributed by atoms with Gasteiger partial charge in [0.15, 0.2) is 0 Å². The Hall–Kier alpha value is -6.30. The van der Waals surface area contributed by atoms with E-state index in [0.29, 0.717) is 17.8 Å². The Morgan fingerprint density at radius 2 is 1.62 bits per heavy atom. The van der Waals surface area contributed by atoms with Gasteiger partial charge in [0.2, 0.25) is 5.91 Å². The molecule has 4 N–H and O–H groups in total. The lowest BCUT2D eigenvalue weighted by Crippen LogP contribution is -2.55. The number of hydrogen-bond acceptors (Lipinski definition) is 7. The summed E-state index contributed by atoms with van der Waals surface area (Å²) in [5, 5.41) is 4.80. The van der Waals surface area contributed by atoms with Crippen molar-refractivity contribution in [2.45, 2.75) is 71.3 Å². The highest BCUT2D eigenvalue weighted by atomic mass is 16.6. The first-order valence-corrected chi connectivity index (χ1v) is 17.4. The molecule has 1 atom stereocenters. The number of imidazole rings is 1. The van der Waals surface area contributed by atoms with E-state index >= 15 is 0 Å². The molecule has 4 aromatic carbocycles. The second kappa shape index (κ2) is 14.7. The van der Waals surface area contributed by atoms with Crippen LogP contribution in [0.2, 0.25) is 0 Å². The lowest BCUT2D eigenvalue weighted by Gasteiger charge is -2.32. The molecule has 5 amide bonds. The molecule has 1 aliphatic rings. The van der Waals surface area contributed by atoms with Crippen molar-refractivity contribution in [2.75, 3.05) is 0 Å². The number of benzene rings is 4. The van der Waals surface area contributed by atoms with Crippen LogP contribution >= 0.6 is 0 Å². The Bertz CT molecular complexity index is 2190. The molecule has 1 aliphatic heterocycles. The molecule has 0 saturated carbocycles. The maximum absolute atomic E-state index is 13.8. The Balaban J connectivity index is 1.23. The van der Waals surface area contributed by atoms with Crippen LogP contribution in [0.5, 0.6) is 0 Å². The number of primary amides is 1. The van der Waals surface area contributed by atoms with Crippen molar-refractivity contribution in [3.8, 4) is 0 Å². The van der Waals surface area contributed by atoms with Crippen LogP contribution in [0.15, 0.2) is 97.3 Å². The summed E-state index contributed by atoms with van der Waals surface area (Å²) >= 11 is 0. The van der Waals surface area contributed by atoms with Gasteiger partial charge in [-0.1, -0.05) is 74.0 Å². The number of carbonyl (C=O) groups excluding carboxylic acids is 5. The quantitative estimate of drug-likeness (QED) is 0.129. The zero-order valence-electron chi connectivity index (χ0n) is 30.1. The maximum Gasteiger partial charge on any atom is 0.410 e. The third-order valence-electron chi connectivity index (χ3n) is 9.18. The van der Waals surface area contributed by atoms with Crippen LogP contribution in [0.25, 0.3) is 10.8 Å². The standard InChI is InChI=1S/C41H42N6O6/c1-5-19-41(38(42)51,30-17-18-32-33(22-30)37(50)47(36(32)49)24-29-11-8-10-27-9-6-7-12-31(27)29)45-35(48)28-15-13-26(14-16-28)23-46(25-34-43-20-21-44-34)39(52)53-40(2,3)4/h6-18,20-22H,5,19,23-25H2,1-4H3,(H2,42,51)(H,43,44)(H,45,48)/t41-/m0/s1. The number of aromatic amines is 1. The van der Waals surface area contributed by atoms with Crippen LogP contribution in [0.3, 0.4) is 0 Å². The Kier molecular flexibility index (Phi) is 10.2. The van der Waals surface area contributed by atoms with Gasteiger partial charge in [0.05, 0.1) is 24.2 Å². The Morgan fingerprint density at radius 3 is 2.30 bits per heavy atom. The number of nitrogens with two attached hydrogens (primary N) is 1. The fraction of sp³-hybridized carbons (Fsp3) is 0.268. The number of nitrogens with zero attached hydrogens (tertiary/aromatic N) is 3. The molecule has 0 radical (unpaired) electrons. The van der Waals surface area contributed by atoms with Crippen molar-refractivity contribution >= 4 is 40.5 Å². The van der Waals surface area contributed by atoms with Crippen molar-refractivity contribution < 1.29 is 28.7 Å². The van der Waals surface area contributed by atoms with Crippen LogP contribution in [-0.4, -0.2) is 55.1 Å². The van der Waals surface area contributed by atoms with Gasteiger partial charge < -0.3 is 20.8 Å². The minimum absolute atomic E-state index is 0.0735. The fourth-order valence-corrected chi connectivity index (χ4v) is 6.61. The molecule has 0 aliphatic carbocycles. The largest absolute Gasteiger partial charge is 0.444 e. The van der Waals surface area contributed by atoms with Gasteiger partial charge >= 0.3 is 6.09 Å². The molecule has 6 rings (SSSR count). The van der Waals surface area contributed by atoms with Crippen molar-refractivity contribution in [3.05, 3.63) is 137 Å². The van der Waals surface area contributed by atoms with E-state index in [4.69, 9.17) is 10.5 Å². The van der Waals surface area contributed by atoms with Crippen molar-refractivity contribution in [3.63, 3.8) is 0 Å². The van der Waals surface area contributed by atoms with Crippen LogP contribution in [-0.2, 0) is 34.7 Å². The summed E-state index contributed by atoms with van der Waals surface area (Å²) in [6, 6.07) is 24.7. The summed E-state index contributed by atoms with van der Waals surface area (Å²) in [6.07, 6.45) is 3.36. The van der Waals surface area contributed by atoms with E-state index in [9.17, 15) is 24.0 Å². The number of nitrogens with one attached hydrogen (secondary N) is 2. The SMILES string of the molecule is CCC[C@@](NC(=O)c1ccc(CN(Cc2ncc[nH]2)C(=O)OC(C)(C)C)cc1)(C(N)=O)c1ccc2c(c1)C(=O)N(Cc1cccc3ccccc13)C2=O. The summed E-state index contributed by atoms with van der Waals surface area (Å²) in [6.45, 7) is 7.65. The number of hydrogen-bond donors (Lipinski definition) is 3. The van der Waals surface area contributed by atoms with E-state index in [-0.39, 0.29) is 42.7 Å². The smallest absolute Gasteiger partial charge is 0.410 e. The predicted octanol–water partition coefficient (Wildman–Crippen LogP) is 6.21. The molecule has 12 nitrogen and oxygen atoms in total. The van der Waals surface area contributed by atoms with Crippen molar-refractivity contribution in [2.24, 2.45) is 5.73 Å². The van der Waals surface area contributed by atoms with E-state index < -0.39 is 40.9 Å². The number of ether oxygens (including phenoxy) is 1. The van der Waals surface area contributed by atoms with Crippen LogP contribution in [0.1, 0.15) is 94.1 Å². The lowest BCUT2D eigenvalue weighted by molar-refractivity contribution is -0.124. The molecular formula is C41H42N6O6. The van der Waals surface area contributed by atoms with Gasteiger partial charge in [-0.25, -0.2) is 9.78 Å². The highest BCUT2D eigenvalue weighted by Gasteiger charge is 2.43. The predicted molar refractivity (Wildman–Crippen MR) is 198 cm³/mol. The summed E-state index contributed by atoms with van der Waals surface area (Å²) in [4.78, 5) is 77.4. The number of aromatic nitrogens is 2. The molecule has 0 spiro atoms. The summed E-state index contributed by atoms with van der Waals surface area (Å²) in [7, 11) is 0. The molecule has 0 unspecified atom stereocenters. The van der Waals surface area contributed by atoms with Gasteiger partial charge in [-0.3, -0.25) is 29.0 Å². The van der Waals surface area contributed by atoms with Crippen LogP contribution in [0, 0.1) is 0 Å². The second-order valence-corrected chi connectivity index (χ2v) is 14.1. The van der Waals surface area contributed by atoms with E-state index in [0.717, 1.165) is 21.9 Å². The second-order valence-electron chi connectivity index (χ2n) is 14.1. The zero-order valence-corrected chi connectivity index (χ0v) is 30.1. The van der Waals surface area contributed by atoms with E-state index in [2.05, 4.69) is 15.3 Å². The number of rotatable bonds is 12. The van der Waals surface area contributed by atoms with Gasteiger partial charge in [0.25, 0.3) is 17.7 Å². The summed E-state index contributed by atoms with van der Waals surface area (Å²) in [5.74, 6) is -1.73. The summed E-state index contributed by atoms with van der Waals surface area (Å²) in [5.41, 5.74) is 6.10. The minimum Gasteiger partial charge on any atom is -0.444 e. The zero-order chi connectivity index (χ0) is 37.9. The Morgan fingerprint density at radius 1 is 0.906 bits per heavy atom. The molecule has 0 bridgehead atoms. The molecule has 5 aromatic rings. The number of imide groups is 1. The normalized spacial score (nSPS) is 13.8. The number of carbonyl (C=O) groups is 5. The molecule has 0 fully saturated rings. The minimum atomic E-state index is -1.68. The maximum atomic E-state index is 13.8. The fourth-order valence-electron chi connectivity index (χ4n) is 6.61. The van der Waals surface area contributed by atoms with E-state index in [1.54, 1.807) is 63.5 Å². The van der Waals surface area contributed by atoms with Crippen LogP contribution < -0.4 is 11.1 Å². The average molecular weight is 715 g/mol. The average Bonchev–Trinajstić information content (AvgIpc) is 3.73. The van der Waals surface area contributed by atoms with E-state index in [1.807, 2.05) is 49.4 Å². The first-order valence-electron chi connectivity index (χ1n) is 17.4. The molecule has 2 heterocycles. The molecule has 272 valence electrons. The van der Waals surface area contributed by atoms with Crippen LogP contribution in [0.4, 0.5) is 4.79 Å². The monoisotopic (exact) mass is 714 g/mol. The highest BCUT2D eigenvalue weighted by Crippen LogP contribution is 2.33. The van der Waals surface area contributed by atoms with Gasteiger partial charge in [-0.05, 0) is 78.9 Å². The van der Waals surface area contributed by atoms with Crippen molar-refractivity contribution in [1.29, 1.82) is 0 Å². The van der Waals surface area contributed by atoms with Gasteiger partial charge in [-0.2, -0.15) is 0 Å². The first kappa shape index (κ1) is 36.5. The summed E-state index contributed by atoms with van der Waals surface area (Å²) < 4.78 is 5.61. The number of H-pyrrole nitrogens is 1. The number of fused-ring (bicyclic) bond motifs is 2. The Labute approximate surface area is 307 Å². The van der Waals surface area contributed by atoms with Crippen molar-refractivity contribution in [1.82, 2.24) is 25.1 Å². The van der Waals surface area contributed by atoms with E-state index in [1.165, 1.54) is 21.9 Å². The first-order chi connectivity index (χ1) is 25.3. The molecule has 1 aromatic heterocycles. The third-order valence-corrected chi connectivity index (χ3v) is 9.18. The molecule has 53 heavy (non-hydrogen) atoms. The van der Waals surface area contributed by atoms with Gasteiger partial charge in [-0.15, -0.1) is 0 Å². The molecular weight excluding hydrogens is 672 g/mol. The number of amides is 5. The van der Waals surface area contributed by atoms with Gasteiger partial charge in [0, 0.05) is 24.5 Å². The highest BCUT2D eigenvalue weighted by molar-refractivity contribution is 6.21. The molecule has 12 heteroatoms. The lowest BCUT2D eigenvalue weighted by atomic mass is 9.83. The third kappa shape index (κ3) is 7.67. The molecule has 0 saturated heterocycles.